The Morgan fingerprint density at radius 3 is 2.30 bits per heavy atom. The van der Waals surface area contributed by atoms with Crippen LogP contribution in [0.4, 0.5) is 5.69 Å². The van der Waals surface area contributed by atoms with Gasteiger partial charge in [0.05, 0.1) is 6.42 Å². The number of benzene rings is 2. The van der Waals surface area contributed by atoms with Gasteiger partial charge in [0.25, 0.3) is 5.91 Å². The molecule has 2 amide bonds. The minimum Gasteiger partial charge on any atom is -0.368 e. The van der Waals surface area contributed by atoms with Crippen molar-refractivity contribution in [3.8, 4) is 0 Å². The molecule has 30 heavy (non-hydrogen) atoms. The van der Waals surface area contributed by atoms with Crippen LogP contribution >= 0.6 is 23.2 Å². The minimum atomic E-state index is -1.17. The lowest BCUT2D eigenvalue weighted by Gasteiger charge is -2.32. The van der Waals surface area contributed by atoms with Gasteiger partial charge in [0, 0.05) is 21.8 Å². The summed E-state index contributed by atoms with van der Waals surface area (Å²) in [6.07, 6.45) is 8.76. The molecule has 4 nitrogen and oxygen atoms in total. The predicted octanol–water partition coefficient (Wildman–Crippen LogP) is 5.95. The lowest BCUT2D eigenvalue weighted by Crippen LogP contribution is -2.48. The zero-order valence-corrected chi connectivity index (χ0v) is 18.1. The number of hydrogen-bond acceptors (Lipinski definition) is 3. The molecule has 1 aliphatic carbocycles. The standard InChI is InChI=1S/C24H24Cl2N2O2/c25-18-13-19(26)15-20(14-18)27-24(12-11-17-7-3-1-4-8-17)16-22(29)28(23(24)30)21-9-5-2-6-10-21/h1,3-4,7-8,11-15,21,27H,2,5-6,9-10,16H2. The summed E-state index contributed by atoms with van der Waals surface area (Å²) in [5.41, 5.74) is 0.397. The first kappa shape index (κ1) is 21.0. The molecular formula is C24H24Cl2N2O2. The van der Waals surface area contributed by atoms with Crippen LogP contribution in [0.3, 0.4) is 0 Å². The number of imide groups is 1. The van der Waals surface area contributed by atoms with E-state index in [0.717, 1.165) is 37.7 Å². The first-order chi connectivity index (χ1) is 14.5. The third kappa shape index (κ3) is 4.40. The third-order valence-electron chi connectivity index (χ3n) is 5.83. The van der Waals surface area contributed by atoms with Crippen molar-refractivity contribution in [2.24, 2.45) is 0 Å². The van der Waals surface area contributed by atoms with Crippen LogP contribution in [0, 0.1) is 0 Å². The van der Waals surface area contributed by atoms with Crippen LogP contribution in [0.5, 0.6) is 0 Å². The first-order valence-corrected chi connectivity index (χ1v) is 11.1. The molecule has 1 unspecified atom stereocenters. The van der Waals surface area contributed by atoms with Crippen LogP contribution in [0.2, 0.25) is 10.0 Å². The summed E-state index contributed by atoms with van der Waals surface area (Å²) in [5.74, 6) is -0.340. The summed E-state index contributed by atoms with van der Waals surface area (Å²) in [4.78, 5) is 28.2. The average molecular weight is 443 g/mol. The number of carbonyl (C=O) groups excluding carboxylic acids is 2. The van der Waals surface area contributed by atoms with E-state index in [1.807, 2.05) is 36.4 Å². The van der Waals surface area contributed by atoms with Crippen molar-refractivity contribution in [1.29, 1.82) is 0 Å². The zero-order chi connectivity index (χ0) is 21.1. The molecule has 0 bridgehead atoms. The molecule has 4 rings (SSSR count). The van der Waals surface area contributed by atoms with Crippen molar-refractivity contribution in [1.82, 2.24) is 4.90 Å². The average Bonchev–Trinajstić information content (AvgIpc) is 2.97. The van der Waals surface area contributed by atoms with Gasteiger partial charge in [-0.15, -0.1) is 0 Å². The number of nitrogens with zero attached hydrogens (tertiary/aromatic N) is 1. The van der Waals surface area contributed by atoms with Crippen LogP contribution in [0.15, 0.2) is 54.6 Å². The van der Waals surface area contributed by atoms with Gasteiger partial charge in [0.15, 0.2) is 0 Å². The van der Waals surface area contributed by atoms with Gasteiger partial charge < -0.3 is 5.32 Å². The maximum atomic E-state index is 13.7. The molecule has 1 aliphatic heterocycles. The smallest absolute Gasteiger partial charge is 0.259 e. The molecular weight excluding hydrogens is 419 g/mol. The maximum absolute atomic E-state index is 13.7. The number of halogens is 2. The fourth-order valence-electron chi connectivity index (χ4n) is 4.39. The van der Waals surface area contributed by atoms with Gasteiger partial charge in [-0.05, 0) is 42.7 Å². The molecule has 2 aromatic carbocycles. The summed E-state index contributed by atoms with van der Waals surface area (Å²) >= 11 is 12.3. The van der Waals surface area contributed by atoms with Gasteiger partial charge in [-0.2, -0.15) is 0 Å². The highest BCUT2D eigenvalue weighted by Crippen LogP contribution is 2.36. The van der Waals surface area contributed by atoms with E-state index in [9.17, 15) is 9.59 Å². The van der Waals surface area contributed by atoms with E-state index < -0.39 is 5.54 Å². The van der Waals surface area contributed by atoms with Crippen molar-refractivity contribution in [3.63, 3.8) is 0 Å². The second-order valence-electron chi connectivity index (χ2n) is 8.04. The molecule has 1 N–H and O–H groups in total. The van der Waals surface area contributed by atoms with Crippen LogP contribution < -0.4 is 5.32 Å². The number of rotatable bonds is 5. The highest BCUT2D eigenvalue weighted by atomic mass is 35.5. The van der Waals surface area contributed by atoms with Gasteiger partial charge in [-0.3, -0.25) is 14.5 Å². The fraction of sp³-hybridized carbons (Fsp3) is 0.333. The molecule has 1 saturated carbocycles. The Morgan fingerprint density at radius 1 is 0.967 bits per heavy atom. The van der Waals surface area contributed by atoms with Crippen molar-refractivity contribution in [3.05, 3.63) is 70.2 Å². The molecule has 1 heterocycles. The van der Waals surface area contributed by atoms with Crippen LogP contribution in [0.25, 0.3) is 6.08 Å². The van der Waals surface area contributed by atoms with Gasteiger partial charge >= 0.3 is 0 Å². The molecule has 6 heteroatoms. The van der Waals surface area contributed by atoms with E-state index in [1.54, 1.807) is 24.3 Å². The van der Waals surface area contributed by atoms with Crippen molar-refractivity contribution in [2.75, 3.05) is 5.32 Å². The topological polar surface area (TPSA) is 49.4 Å². The fourth-order valence-corrected chi connectivity index (χ4v) is 4.92. The van der Waals surface area contributed by atoms with Crippen molar-refractivity contribution >= 4 is 46.8 Å². The number of amides is 2. The zero-order valence-electron chi connectivity index (χ0n) is 16.6. The summed E-state index contributed by atoms with van der Waals surface area (Å²) in [7, 11) is 0. The quantitative estimate of drug-likeness (QED) is 0.581. The number of hydrogen-bond donors (Lipinski definition) is 1. The van der Waals surface area contributed by atoms with E-state index in [1.165, 1.54) is 4.90 Å². The van der Waals surface area contributed by atoms with Gasteiger partial charge in [-0.25, -0.2) is 0 Å². The second-order valence-corrected chi connectivity index (χ2v) is 8.91. The van der Waals surface area contributed by atoms with Crippen LogP contribution in [-0.2, 0) is 9.59 Å². The Balaban J connectivity index is 1.70. The molecule has 1 saturated heterocycles. The van der Waals surface area contributed by atoms with E-state index in [2.05, 4.69) is 5.32 Å². The highest BCUT2D eigenvalue weighted by Gasteiger charge is 2.52. The Kier molecular flexibility index (Phi) is 6.16. The third-order valence-corrected chi connectivity index (χ3v) is 6.27. The Bertz CT molecular complexity index is 950. The molecule has 156 valence electrons. The summed E-state index contributed by atoms with van der Waals surface area (Å²) < 4.78 is 0. The SMILES string of the molecule is O=C1CC(C=Cc2ccccc2)(Nc2cc(Cl)cc(Cl)c2)C(=O)N1C1CCCCC1. The lowest BCUT2D eigenvalue weighted by atomic mass is 9.93. The number of carbonyl (C=O) groups is 2. The number of anilines is 1. The second kappa shape index (κ2) is 8.83. The highest BCUT2D eigenvalue weighted by molar-refractivity contribution is 6.35. The minimum absolute atomic E-state index is 0.0181. The molecule has 2 fully saturated rings. The molecule has 1 atom stereocenters. The molecule has 0 spiro atoms. The Hall–Kier alpha value is -2.30. The lowest BCUT2D eigenvalue weighted by molar-refractivity contribution is -0.142. The van der Waals surface area contributed by atoms with E-state index in [0.29, 0.717) is 15.7 Å². The maximum Gasteiger partial charge on any atom is 0.259 e. The largest absolute Gasteiger partial charge is 0.368 e. The summed E-state index contributed by atoms with van der Waals surface area (Å²) in [6.45, 7) is 0. The molecule has 2 aliphatic rings. The number of nitrogens with one attached hydrogen (secondary N) is 1. The van der Waals surface area contributed by atoms with Gasteiger partial charge in [0.1, 0.15) is 5.54 Å². The Labute approximate surface area is 186 Å². The van der Waals surface area contributed by atoms with Crippen molar-refractivity contribution < 1.29 is 9.59 Å². The first-order valence-electron chi connectivity index (χ1n) is 10.3. The Morgan fingerprint density at radius 2 is 1.63 bits per heavy atom. The van der Waals surface area contributed by atoms with E-state index in [4.69, 9.17) is 23.2 Å². The summed E-state index contributed by atoms with van der Waals surface area (Å²) in [6, 6.07) is 14.8. The van der Waals surface area contributed by atoms with Crippen molar-refractivity contribution in [2.45, 2.75) is 50.1 Å². The predicted molar refractivity (Wildman–Crippen MR) is 122 cm³/mol. The molecule has 0 radical (unpaired) electrons. The van der Waals surface area contributed by atoms with Crippen LogP contribution in [-0.4, -0.2) is 28.3 Å². The number of likely N-dealkylation sites (tertiary alicyclic amines) is 1. The normalized spacial score (nSPS) is 22.8. The van der Waals surface area contributed by atoms with E-state index >= 15 is 0 Å². The van der Waals surface area contributed by atoms with Gasteiger partial charge in [-0.1, -0.05) is 78.9 Å². The monoisotopic (exact) mass is 442 g/mol. The molecule has 0 aromatic heterocycles. The van der Waals surface area contributed by atoms with E-state index in [-0.39, 0.29) is 24.3 Å². The molecule has 2 aromatic rings. The summed E-state index contributed by atoms with van der Waals surface area (Å²) in [5, 5.41) is 4.22. The van der Waals surface area contributed by atoms with Crippen LogP contribution in [0.1, 0.15) is 44.1 Å². The van der Waals surface area contributed by atoms with Gasteiger partial charge in [0.2, 0.25) is 5.91 Å².